The predicted octanol–water partition coefficient (Wildman–Crippen LogP) is 4.92. The highest BCUT2D eigenvalue weighted by molar-refractivity contribution is 5.93. The summed E-state index contributed by atoms with van der Waals surface area (Å²) in [4.78, 5) is 29.0. The van der Waals surface area contributed by atoms with E-state index in [9.17, 15) is 9.59 Å². The summed E-state index contributed by atoms with van der Waals surface area (Å²) in [5, 5.41) is 0. The van der Waals surface area contributed by atoms with E-state index in [4.69, 9.17) is 4.74 Å². The highest BCUT2D eigenvalue weighted by Gasteiger charge is 2.31. The van der Waals surface area contributed by atoms with Gasteiger partial charge in [0, 0.05) is 25.7 Å². The Labute approximate surface area is 195 Å². The summed E-state index contributed by atoms with van der Waals surface area (Å²) in [6.07, 6.45) is 1.27. The minimum absolute atomic E-state index is 0.0585. The molecule has 1 aliphatic heterocycles. The highest BCUT2D eigenvalue weighted by atomic mass is 16.5. The van der Waals surface area contributed by atoms with Crippen molar-refractivity contribution in [3.05, 3.63) is 95.1 Å². The molecule has 0 aliphatic carbocycles. The number of carbonyl (C=O) groups is 2. The van der Waals surface area contributed by atoms with E-state index in [1.165, 1.54) is 11.1 Å². The molecule has 0 spiro atoms. The minimum Gasteiger partial charge on any atom is -0.484 e. The lowest BCUT2D eigenvalue weighted by Gasteiger charge is -2.38. The average Bonchev–Trinajstić information content (AvgIpc) is 2.86. The first-order valence-corrected chi connectivity index (χ1v) is 11.4. The number of likely N-dealkylation sites (N-methyl/N-ethyl adjacent to an activating group) is 1. The van der Waals surface area contributed by atoms with Crippen LogP contribution in [0.1, 0.15) is 41.6 Å². The number of anilines is 1. The molecule has 0 N–H and O–H groups in total. The standard InChI is InChI=1S/C28H30N2O3/c1-4-26(31)30-17-16-21-14-15-24(18-25(21)28(30)22-12-10-20(2)11-13-22)33-19-27(32)29(3)23-8-6-5-7-9-23/h5-15,18,28H,4,16-17,19H2,1-3H3/t28-/m1/s1. The van der Waals surface area contributed by atoms with Crippen molar-refractivity contribution < 1.29 is 14.3 Å². The summed E-state index contributed by atoms with van der Waals surface area (Å²) >= 11 is 0. The van der Waals surface area contributed by atoms with Gasteiger partial charge in [0.1, 0.15) is 5.75 Å². The first-order chi connectivity index (χ1) is 16.0. The van der Waals surface area contributed by atoms with Crippen LogP contribution in [0.25, 0.3) is 0 Å². The molecule has 33 heavy (non-hydrogen) atoms. The molecule has 0 unspecified atom stereocenters. The normalized spacial score (nSPS) is 15.0. The zero-order valence-electron chi connectivity index (χ0n) is 19.5. The molecular weight excluding hydrogens is 412 g/mol. The lowest BCUT2D eigenvalue weighted by Crippen LogP contribution is -2.40. The van der Waals surface area contributed by atoms with Gasteiger partial charge in [-0.25, -0.2) is 0 Å². The molecule has 4 rings (SSSR count). The van der Waals surface area contributed by atoms with E-state index in [1.54, 1.807) is 11.9 Å². The predicted molar refractivity (Wildman–Crippen MR) is 131 cm³/mol. The molecule has 0 saturated carbocycles. The maximum atomic E-state index is 12.8. The second kappa shape index (κ2) is 9.90. The van der Waals surface area contributed by atoms with Crippen LogP contribution in [0, 0.1) is 6.92 Å². The van der Waals surface area contributed by atoms with Gasteiger partial charge in [-0.15, -0.1) is 0 Å². The molecule has 1 heterocycles. The molecule has 0 saturated heterocycles. The van der Waals surface area contributed by atoms with Crippen molar-refractivity contribution in [1.82, 2.24) is 4.90 Å². The van der Waals surface area contributed by atoms with Crippen LogP contribution in [-0.2, 0) is 16.0 Å². The van der Waals surface area contributed by atoms with Gasteiger partial charge in [0.2, 0.25) is 5.91 Å². The monoisotopic (exact) mass is 442 g/mol. The van der Waals surface area contributed by atoms with Crippen LogP contribution < -0.4 is 9.64 Å². The Morgan fingerprint density at radius 1 is 1.03 bits per heavy atom. The molecule has 0 radical (unpaired) electrons. The number of para-hydroxylation sites is 1. The van der Waals surface area contributed by atoms with Crippen LogP contribution in [0.2, 0.25) is 0 Å². The zero-order chi connectivity index (χ0) is 23.4. The molecule has 3 aromatic carbocycles. The Bertz CT molecular complexity index is 1130. The molecule has 0 bridgehead atoms. The fraction of sp³-hybridized carbons (Fsp3) is 0.286. The van der Waals surface area contributed by atoms with Crippen LogP contribution >= 0.6 is 0 Å². The number of ether oxygens (including phenoxy) is 1. The van der Waals surface area contributed by atoms with Gasteiger partial charge in [-0.3, -0.25) is 9.59 Å². The Morgan fingerprint density at radius 2 is 1.76 bits per heavy atom. The van der Waals surface area contributed by atoms with Crippen molar-refractivity contribution in [2.24, 2.45) is 0 Å². The number of hydrogen-bond acceptors (Lipinski definition) is 3. The molecule has 0 aromatic heterocycles. The lowest BCUT2D eigenvalue weighted by molar-refractivity contribution is -0.133. The molecular formula is C28H30N2O3. The second-order valence-electron chi connectivity index (χ2n) is 8.44. The van der Waals surface area contributed by atoms with Gasteiger partial charge in [0.15, 0.2) is 6.61 Å². The van der Waals surface area contributed by atoms with Gasteiger partial charge in [-0.2, -0.15) is 0 Å². The first-order valence-electron chi connectivity index (χ1n) is 11.4. The van der Waals surface area contributed by atoms with E-state index in [-0.39, 0.29) is 24.5 Å². The van der Waals surface area contributed by atoms with E-state index in [0.717, 1.165) is 23.2 Å². The topological polar surface area (TPSA) is 49.9 Å². The number of hydrogen-bond donors (Lipinski definition) is 0. The number of nitrogens with zero attached hydrogens (tertiary/aromatic N) is 2. The summed E-state index contributed by atoms with van der Waals surface area (Å²) in [7, 11) is 1.75. The summed E-state index contributed by atoms with van der Waals surface area (Å²) in [5.74, 6) is 0.639. The van der Waals surface area contributed by atoms with Gasteiger partial charge in [-0.05, 0) is 54.3 Å². The molecule has 1 aliphatic rings. The SMILES string of the molecule is CCC(=O)N1CCc2ccc(OCC(=O)N(C)c3ccccc3)cc2[C@H]1c1ccc(C)cc1. The van der Waals surface area contributed by atoms with Crippen LogP contribution in [0.3, 0.4) is 0 Å². The highest BCUT2D eigenvalue weighted by Crippen LogP contribution is 2.37. The number of carbonyl (C=O) groups excluding carboxylic acids is 2. The van der Waals surface area contributed by atoms with Crippen molar-refractivity contribution >= 4 is 17.5 Å². The van der Waals surface area contributed by atoms with E-state index >= 15 is 0 Å². The fourth-order valence-corrected chi connectivity index (χ4v) is 4.30. The van der Waals surface area contributed by atoms with Gasteiger partial charge >= 0.3 is 0 Å². The molecule has 5 heteroatoms. The van der Waals surface area contributed by atoms with Gasteiger partial charge < -0.3 is 14.5 Å². The summed E-state index contributed by atoms with van der Waals surface area (Å²) in [6.45, 7) is 4.59. The molecule has 5 nitrogen and oxygen atoms in total. The zero-order valence-corrected chi connectivity index (χ0v) is 19.5. The Balaban J connectivity index is 1.58. The maximum absolute atomic E-state index is 12.8. The van der Waals surface area contributed by atoms with Crippen molar-refractivity contribution in [1.29, 1.82) is 0 Å². The third-order valence-electron chi connectivity index (χ3n) is 6.24. The summed E-state index contributed by atoms with van der Waals surface area (Å²) < 4.78 is 5.91. The Kier molecular flexibility index (Phi) is 6.78. The Morgan fingerprint density at radius 3 is 2.45 bits per heavy atom. The number of fused-ring (bicyclic) bond motifs is 1. The Hall–Kier alpha value is -3.60. The quantitative estimate of drug-likeness (QED) is 0.544. The van der Waals surface area contributed by atoms with Crippen LogP contribution in [0.5, 0.6) is 5.75 Å². The minimum atomic E-state index is -0.159. The molecule has 1 atom stereocenters. The molecule has 0 fully saturated rings. The van der Waals surface area contributed by atoms with Crippen molar-refractivity contribution in [2.75, 3.05) is 25.1 Å². The van der Waals surface area contributed by atoms with Crippen molar-refractivity contribution in [2.45, 2.75) is 32.7 Å². The van der Waals surface area contributed by atoms with Crippen LogP contribution in [0.15, 0.2) is 72.8 Å². The van der Waals surface area contributed by atoms with Crippen molar-refractivity contribution in [3.63, 3.8) is 0 Å². The van der Waals surface area contributed by atoms with Gasteiger partial charge in [-0.1, -0.05) is 61.0 Å². The lowest BCUT2D eigenvalue weighted by atomic mass is 9.87. The third-order valence-corrected chi connectivity index (χ3v) is 6.24. The maximum Gasteiger partial charge on any atom is 0.264 e. The molecule has 170 valence electrons. The van der Waals surface area contributed by atoms with Crippen molar-refractivity contribution in [3.8, 4) is 5.75 Å². The van der Waals surface area contributed by atoms with E-state index < -0.39 is 0 Å². The third kappa shape index (κ3) is 4.92. The largest absolute Gasteiger partial charge is 0.484 e. The number of rotatable bonds is 6. The number of benzene rings is 3. The number of amides is 2. The smallest absolute Gasteiger partial charge is 0.264 e. The van der Waals surface area contributed by atoms with E-state index in [0.29, 0.717) is 18.7 Å². The summed E-state index contributed by atoms with van der Waals surface area (Å²) in [6, 6.07) is 23.7. The first kappa shape index (κ1) is 22.6. The van der Waals surface area contributed by atoms with Crippen LogP contribution in [0.4, 0.5) is 5.69 Å². The van der Waals surface area contributed by atoms with Gasteiger partial charge in [0.05, 0.1) is 6.04 Å². The fourth-order valence-electron chi connectivity index (χ4n) is 4.30. The summed E-state index contributed by atoms with van der Waals surface area (Å²) in [5.41, 5.74) is 5.36. The number of aryl methyl sites for hydroxylation is 1. The second-order valence-corrected chi connectivity index (χ2v) is 8.44. The van der Waals surface area contributed by atoms with Crippen LogP contribution in [-0.4, -0.2) is 36.9 Å². The van der Waals surface area contributed by atoms with E-state index in [2.05, 4.69) is 37.3 Å². The van der Waals surface area contributed by atoms with Gasteiger partial charge in [0.25, 0.3) is 5.91 Å². The van der Waals surface area contributed by atoms with E-state index in [1.807, 2.05) is 54.3 Å². The average molecular weight is 443 g/mol. The molecule has 2 amide bonds. The molecule has 3 aromatic rings.